The van der Waals surface area contributed by atoms with E-state index < -0.39 is 28.7 Å². The maximum Gasteiger partial charge on any atom is 0.326 e. The minimum Gasteiger partial charge on any atom is -0.497 e. The molecule has 1 fully saturated rings. The lowest BCUT2D eigenvalue weighted by Gasteiger charge is -2.20. The lowest BCUT2D eigenvalue weighted by molar-refractivity contribution is -0.122. The van der Waals surface area contributed by atoms with Gasteiger partial charge in [0.2, 0.25) is 5.54 Å². The number of carbonyl (C=O) groups is 2. The van der Waals surface area contributed by atoms with Gasteiger partial charge in [-0.1, -0.05) is 11.8 Å². The highest BCUT2D eigenvalue weighted by Gasteiger charge is 2.46. The molecule has 0 bridgehead atoms. The van der Waals surface area contributed by atoms with Gasteiger partial charge in [-0.3, -0.25) is 19.9 Å². The SMILES string of the molecule is COc1ccc2cn(C[C@@]3(C#Cc4ccc5[nH]c(=O)[nH]c(=O)c5c4)NC(=O)NC3=O)c(O)c2c1. The summed E-state index contributed by atoms with van der Waals surface area (Å²) in [4.78, 5) is 52.9. The number of ether oxygens (including phenoxy) is 1. The molecule has 1 saturated heterocycles. The molecule has 34 heavy (non-hydrogen) atoms. The number of aromatic nitrogens is 3. The molecule has 170 valence electrons. The second-order valence-corrected chi connectivity index (χ2v) is 7.77. The number of urea groups is 1. The van der Waals surface area contributed by atoms with Gasteiger partial charge in [-0.15, -0.1) is 0 Å². The van der Waals surface area contributed by atoms with Gasteiger partial charge in [-0.2, -0.15) is 0 Å². The summed E-state index contributed by atoms with van der Waals surface area (Å²) in [6.45, 7) is -0.179. The summed E-state index contributed by atoms with van der Waals surface area (Å²) in [6, 6.07) is 8.99. The van der Waals surface area contributed by atoms with Crippen molar-refractivity contribution in [2.75, 3.05) is 7.11 Å². The van der Waals surface area contributed by atoms with Crippen LogP contribution in [0.5, 0.6) is 11.6 Å². The van der Waals surface area contributed by atoms with Gasteiger partial charge < -0.3 is 24.7 Å². The van der Waals surface area contributed by atoms with Gasteiger partial charge in [0, 0.05) is 22.5 Å². The Labute approximate surface area is 190 Å². The van der Waals surface area contributed by atoms with Gasteiger partial charge in [0.15, 0.2) is 5.88 Å². The number of benzene rings is 2. The smallest absolute Gasteiger partial charge is 0.326 e. The molecule has 0 aliphatic carbocycles. The van der Waals surface area contributed by atoms with E-state index in [0.29, 0.717) is 27.6 Å². The van der Waals surface area contributed by atoms with E-state index in [1.54, 1.807) is 30.5 Å². The van der Waals surface area contributed by atoms with Crippen LogP contribution in [0.4, 0.5) is 4.79 Å². The van der Waals surface area contributed by atoms with E-state index in [9.17, 15) is 24.3 Å². The number of carbonyl (C=O) groups excluding carboxylic acids is 2. The standard InChI is InChI=1S/C23H17N5O6/c1-34-14-4-3-13-10-28(19(30)15(13)9-14)11-23(20(31)26-22(33)27-23)7-6-12-2-5-17-16(8-12)18(29)25-21(32)24-17/h2-5,8-10,30H,11H2,1H3,(H2,24,25,29,32)(H2,26,27,31,33)/t23-/m1/s1. The average Bonchev–Trinajstić information content (AvgIpc) is 3.26. The summed E-state index contributed by atoms with van der Waals surface area (Å²) >= 11 is 0. The highest BCUT2D eigenvalue weighted by Crippen LogP contribution is 2.32. The first-order chi connectivity index (χ1) is 16.3. The topological polar surface area (TPSA) is 158 Å². The zero-order valence-electron chi connectivity index (χ0n) is 17.7. The molecule has 2 aromatic carbocycles. The van der Waals surface area contributed by atoms with Crippen molar-refractivity contribution in [1.82, 2.24) is 25.2 Å². The minimum atomic E-state index is -1.68. The zero-order chi connectivity index (χ0) is 24.0. The van der Waals surface area contributed by atoms with Gasteiger partial charge in [0.25, 0.3) is 11.5 Å². The van der Waals surface area contributed by atoms with Crippen molar-refractivity contribution in [1.29, 1.82) is 0 Å². The summed E-state index contributed by atoms with van der Waals surface area (Å²) in [7, 11) is 1.51. The van der Waals surface area contributed by atoms with E-state index in [1.165, 1.54) is 23.8 Å². The van der Waals surface area contributed by atoms with Crippen LogP contribution in [0.1, 0.15) is 5.56 Å². The van der Waals surface area contributed by atoms with Crippen molar-refractivity contribution in [3.05, 3.63) is 69.0 Å². The van der Waals surface area contributed by atoms with E-state index in [0.717, 1.165) is 0 Å². The molecular formula is C23H17N5O6. The number of amides is 3. The van der Waals surface area contributed by atoms with Crippen LogP contribution >= 0.6 is 0 Å². The molecule has 1 aliphatic rings. The molecule has 0 unspecified atom stereocenters. The van der Waals surface area contributed by atoms with Crippen molar-refractivity contribution in [3.8, 4) is 23.5 Å². The molecule has 3 heterocycles. The third kappa shape index (κ3) is 3.43. The van der Waals surface area contributed by atoms with Crippen molar-refractivity contribution < 1.29 is 19.4 Å². The molecule has 0 spiro atoms. The summed E-state index contributed by atoms with van der Waals surface area (Å²) in [6.07, 6.45) is 1.64. The number of hydrogen-bond acceptors (Lipinski definition) is 6. The van der Waals surface area contributed by atoms with Crippen molar-refractivity contribution in [2.45, 2.75) is 12.1 Å². The Morgan fingerprint density at radius 1 is 1.06 bits per heavy atom. The first-order valence-corrected chi connectivity index (χ1v) is 10.1. The quantitative estimate of drug-likeness (QED) is 0.222. The summed E-state index contributed by atoms with van der Waals surface area (Å²) in [5, 5.41) is 16.9. The highest BCUT2D eigenvalue weighted by atomic mass is 16.5. The van der Waals surface area contributed by atoms with Crippen LogP contribution in [-0.4, -0.2) is 44.2 Å². The largest absolute Gasteiger partial charge is 0.497 e. The molecule has 5 rings (SSSR count). The molecule has 0 saturated carbocycles. The van der Waals surface area contributed by atoms with Gasteiger partial charge in [0.1, 0.15) is 5.75 Å². The normalized spacial score (nSPS) is 17.3. The van der Waals surface area contributed by atoms with E-state index in [-0.39, 0.29) is 17.8 Å². The van der Waals surface area contributed by atoms with Crippen LogP contribution < -0.4 is 26.6 Å². The molecule has 1 atom stereocenters. The predicted molar refractivity (Wildman–Crippen MR) is 122 cm³/mol. The number of hydrogen-bond donors (Lipinski definition) is 5. The van der Waals surface area contributed by atoms with Crippen molar-refractivity contribution in [3.63, 3.8) is 0 Å². The van der Waals surface area contributed by atoms with E-state index in [1.807, 2.05) is 0 Å². The number of imide groups is 1. The lowest BCUT2D eigenvalue weighted by Crippen LogP contribution is -2.49. The summed E-state index contributed by atoms with van der Waals surface area (Å²) in [5.74, 6) is 5.37. The Bertz CT molecular complexity index is 1690. The maximum absolute atomic E-state index is 12.8. The third-order valence-corrected chi connectivity index (χ3v) is 5.58. The number of aromatic amines is 2. The fraction of sp³-hybridized carbons (Fsp3) is 0.130. The van der Waals surface area contributed by atoms with Crippen LogP contribution in [0.2, 0.25) is 0 Å². The Morgan fingerprint density at radius 2 is 1.88 bits per heavy atom. The first-order valence-electron chi connectivity index (χ1n) is 10.1. The fourth-order valence-electron chi connectivity index (χ4n) is 3.88. The number of nitrogens with one attached hydrogen (secondary N) is 4. The molecule has 0 radical (unpaired) electrons. The fourth-order valence-corrected chi connectivity index (χ4v) is 3.88. The molecule has 5 N–H and O–H groups in total. The monoisotopic (exact) mass is 459 g/mol. The van der Waals surface area contributed by atoms with E-state index >= 15 is 0 Å². The minimum absolute atomic E-state index is 0.120. The second-order valence-electron chi connectivity index (χ2n) is 7.77. The highest BCUT2D eigenvalue weighted by molar-refractivity contribution is 6.09. The summed E-state index contributed by atoms with van der Waals surface area (Å²) < 4.78 is 6.61. The number of H-pyrrole nitrogens is 2. The predicted octanol–water partition coefficient (Wildman–Crippen LogP) is 0.515. The van der Waals surface area contributed by atoms with Gasteiger partial charge in [0.05, 0.1) is 24.6 Å². The number of methoxy groups -OCH3 is 1. The molecule has 2 aromatic heterocycles. The van der Waals surface area contributed by atoms with Crippen LogP contribution in [0.15, 0.2) is 52.2 Å². The van der Waals surface area contributed by atoms with Crippen molar-refractivity contribution in [2.24, 2.45) is 0 Å². The van der Waals surface area contributed by atoms with Crippen LogP contribution in [0.3, 0.4) is 0 Å². The number of aromatic hydroxyl groups is 1. The zero-order valence-corrected chi connectivity index (χ0v) is 17.7. The lowest BCUT2D eigenvalue weighted by atomic mass is 9.99. The van der Waals surface area contributed by atoms with E-state index in [4.69, 9.17) is 4.74 Å². The Kier molecular flexibility index (Phi) is 4.65. The molecule has 11 nitrogen and oxygen atoms in total. The Morgan fingerprint density at radius 3 is 2.62 bits per heavy atom. The van der Waals surface area contributed by atoms with E-state index in [2.05, 4.69) is 32.4 Å². The van der Waals surface area contributed by atoms with Crippen molar-refractivity contribution >= 4 is 33.6 Å². The maximum atomic E-state index is 12.8. The van der Waals surface area contributed by atoms with Crippen LogP contribution in [0, 0.1) is 11.8 Å². The average molecular weight is 459 g/mol. The van der Waals surface area contributed by atoms with Crippen LogP contribution in [-0.2, 0) is 11.3 Å². The van der Waals surface area contributed by atoms with Crippen LogP contribution in [0.25, 0.3) is 21.7 Å². The Balaban J connectivity index is 1.58. The molecule has 3 amide bonds. The summed E-state index contributed by atoms with van der Waals surface area (Å²) in [5.41, 5.74) is -2.18. The van der Waals surface area contributed by atoms with Gasteiger partial charge in [-0.05, 0) is 36.4 Å². The number of fused-ring (bicyclic) bond motifs is 2. The number of rotatable bonds is 3. The first kappa shape index (κ1) is 20.9. The molecular weight excluding hydrogens is 442 g/mol. The third-order valence-electron chi connectivity index (χ3n) is 5.58. The molecule has 1 aliphatic heterocycles. The molecule has 11 heteroatoms. The Hall–Kier alpha value is -4.98. The second kappa shape index (κ2) is 7.56. The number of nitrogens with zero attached hydrogens (tertiary/aromatic N) is 1. The van der Waals surface area contributed by atoms with Gasteiger partial charge in [-0.25, -0.2) is 9.59 Å². The molecule has 4 aromatic rings. The van der Waals surface area contributed by atoms with Gasteiger partial charge >= 0.3 is 11.7 Å².